The minimum absolute atomic E-state index is 0.0313. The average molecular weight is 263 g/mol. The van der Waals surface area contributed by atoms with Crippen LogP contribution in [0.1, 0.15) is 12.8 Å². The van der Waals surface area contributed by atoms with Gasteiger partial charge in [0.1, 0.15) is 0 Å². The number of hydrogen-bond donors (Lipinski definition) is 1. The van der Waals surface area contributed by atoms with Gasteiger partial charge in [-0.2, -0.15) is 0 Å². The van der Waals surface area contributed by atoms with Gasteiger partial charge in [0.25, 0.3) is 0 Å². The SMILES string of the molecule is C=CCCNC(=O)CSC1CCS(=O)(=O)C1. The average Bonchev–Trinajstić information content (AvgIpc) is 2.56. The van der Waals surface area contributed by atoms with Crippen molar-refractivity contribution in [2.24, 2.45) is 0 Å². The number of carbonyl (C=O) groups is 1. The van der Waals surface area contributed by atoms with Gasteiger partial charge in [-0.25, -0.2) is 8.42 Å². The molecule has 1 atom stereocenters. The van der Waals surface area contributed by atoms with Crippen molar-refractivity contribution in [3.8, 4) is 0 Å². The van der Waals surface area contributed by atoms with Crippen LogP contribution in [0.25, 0.3) is 0 Å². The maximum absolute atomic E-state index is 11.3. The minimum atomic E-state index is -2.83. The Hall–Kier alpha value is -0.490. The first-order chi connectivity index (χ1) is 7.53. The summed E-state index contributed by atoms with van der Waals surface area (Å²) in [7, 11) is -2.83. The summed E-state index contributed by atoms with van der Waals surface area (Å²) in [6.45, 7) is 4.16. The number of nitrogens with one attached hydrogen (secondary N) is 1. The van der Waals surface area contributed by atoms with E-state index in [2.05, 4.69) is 11.9 Å². The number of thioether (sulfide) groups is 1. The fourth-order valence-corrected chi connectivity index (χ4v) is 4.92. The van der Waals surface area contributed by atoms with Crippen LogP contribution in [0.4, 0.5) is 0 Å². The first kappa shape index (κ1) is 13.6. The Kier molecular flexibility index (Phi) is 5.34. The van der Waals surface area contributed by atoms with Crippen LogP contribution in [0.3, 0.4) is 0 Å². The highest BCUT2D eigenvalue weighted by molar-refractivity contribution is 8.02. The van der Waals surface area contributed by atoms with Gasteiger partial charge in [0.2, 0.25) is 5.91 Å². The van der Waals surface area contributed by atoms with Crippen molar-refractivity contribution in [2.75, 3.05) is 23.8 Å². The number of hydrogen-bond acceptors (Lipinski definition) is 4. The van der Waals surface area contributed by atoms with Gasteiger partial charge >= 0.3 is 0 Å². The third-order valence-corrected chi connectivity index (χ3v) is 5.59. The molecule has 1 aliphatic heterocycles. The summed E-state index contributed by atoms with van der Waals surface area (Å²) < 4.78 is 22.3. The van der Waals surface area contributed by atoms with Crippen LogP contribution in [0.5, 0.6) is 0 Å². The molecule has 1 heterocycles. The van der Waals surface area contributed by atoms with Gasteiger partial charge in [-0.15, -0.1) is 18.3 Å². The Balaban J connectivity index is 2.15. The first-order valence-electron chi connectivity index (χ1n) is 5.23. The maximum atomic E-state index is 11.3. The van der Waals surface area contributed by atoms with Gasteiger partial charge in [0.05, 0.1) is 17.3 Å². The fourth-order valence-electron chi connectivity index (χ4n) is 1.45. The summed E-state index contributed by atoms with van der Waals surface area (Å²) in [6, 6.07) is 0. The molecule has 1 amide bonds. The zero-order chi connectivity index (χ0) is 12.0. The number of sulfone groups is 1. The largest absolute Gasteiger partial charge is 0.355 e. The molecule has 1 aliphatic rings. The summed E-state index contributed by atoms with van der Waals surface area (Å²) in [4.78, 5) is 11.3. The second-order valence-electron chi connectivity index (χ2n) is 3.76. The fraction of sp³-hybridized carbons (Fsp3) is 0.700. The Morgan fingerprint density at radius 1 is 1.56 bits per heavy atom. The molecular formula is C10H17NO3S2. The van der Waals surface area contributed by atoms with E-state index in [1.807, 2.05) is 0 Å². The third-order valence-electron chi connectivity index (χ3n) is 2.31. The second-order valence-corrected chi connectivity index (χ2v) is 7.28. The molecular weight excluding hydrogens is 246 g/mol. The molecule has 4 nitrogen and oxygen atoms in total. The van der Waals surface area contributed by atoms with Gasteiger partial charge in [0.15, 0.2) is 9.84 Å². The van der Waals surface area contributed by atoms with E-state index < -0.39 is 9.84 Å². The van der Waals surface area contributed by atoms with Crippen molar-refractivity contribution < 1.29 is 13.2 Å². The van der Waals surface area contributed by atoms with Crippen molar-refractivity contribution in [1.29, 1.82) is 0 Å². The van der Waals surface area contributed by atoms with Gasteiger partial charge in [0, 0.05) is 11.8 Å². The molecule has 1 unspecified atom stereocenters. The van der Waals surface area contributed by atoms with Crippen molar-refractivity contribution in [3.63, 3.8) is 0 Å². The number of amides is 1. The third kappa shape index (κ3) is 5.03. The summed E-state index contributed by atoms with van der Waals surface area (Å²) in [5, 5.41) is 2.84. The highest BCUT2D eigenvalue weighted by Crippen LogP contribution is 2.23. The summed E-state index contributed by atoms with van der Waals surface area (Å²) in [5.74, 6) is 0.800. The van der Waals surface area contributed by atoms with E-state index in [0.717, 1.165) is 6.42 Å². The number of carbonyl (C=O) groups excluding carboxylic acids is 1. The Bertz CT molecular complexity index is 351. The maximum Gasteiger partial charge on any atom is 0.230 e. The molecule has 0 aromatic rings. The second kappa shape index (κ2) is 6.30. The van der Waals surface area contributed by atoms with Gasteiger partial charge in [-0.1, -0.05) is 6.08 Å². The van der Waals surface area contributed by atoms with Crippen LogP contribution in [0.2, 0.25) is 0 Å². The predicted molar refractivity (Wildman–Crippen MR) is 67.3 cm³/mol. The standard InChI is InChI=1S/C10H17NO3S2/c1-2-3-5-11-10(12)7-15-9-4-6-16(13,14)8-9/h2,9H,1,3-8H2,(H,11,12). The predicted octanol–water partition coefficient (Wildman–Crippen LogP) is 0.599. The quantitative estimate of drug-likeness (QED) is 0.563. The van der Waals surface area contributed by atoms with Crippen LogP contribution in [-0.2, 0) is 14.6 Å². The van der Waals surface area contributed by atoms with Gasteiger partial charge in [-0.05, 0) is 12.8 Å². The van der Waals surface area contributed by atoms with E-state index in [1.54, 1.807) is 6.08 Å². The summed E-state index contributed by atoms with van der Waals surface area (Å²) in [6.07, 6.45) is 3.18. The van der Waals surface area contributed by atoms with E-state index in [1.165, 1.54) is 11.8 Å². The monoisotopic (exact) mass is 263 g/mol. The van der Waals surface area contributed by atoms with Crippen molar-refractivity contribution in [3.05, 3.63) is 12.7 Å². The lowest BCUT2D eigenvalue weighted by molar-refractivity contribution is -0.118. The van der Waals surface area contributed by atoms with Crippen molar-refractivity contribution in [2.45, 2.75) is 18.1 Å². The molecule has 92 valence electrons. The summed E-state index contributed by atoms with van der Waals surface area (Å²) in [5.41, 5.74) is 0. The Morgan fingerprint density at radius 3 is 2.88 bits per heavy atom. The van der Waals surface area contributed by atoms with Crippen LogP contribution < -0.4 is 5.32 Å². The lowest BCUT2D eigenvalue weighted by atomic mass is 10.4. The Labute approximate surface area is 101 Å². The molecule has 0 aromatic carbocycles. The van der Waals surface area contributed by atoms with E-state index in [9.17, 15) is 13.2 Å². The molecule has 1 fully saturated rings. The van der Waals surface area contributed by atoms with E-state index >= 15 is 0 Å². The van der Waals surface area contributed by atoms with Crippen LogP contribution in [-0.4, -0.2) is 43.4 Å². The smallest absolute Gasteiger partial charge is 0.230 e. The van der Waals surface area contributed by atoms with Gasteiger partial charge < -0.3 is 5.32 Å². The zero-order valence-corrected chi connectivity index (χ0v) is 10.8. The lowest BCUT2D eigenvalue weighted by Gasteiger charge is -2.07. The highest BCUT2D eigenvalue weighted by Gasteiger charge is 2.28. The molecule has 0 spiro atoms. The van der Waals surface area contributed by atoms with Gasteiger partial charge in [-0.3, -0.25) is 4.79 Å². The van der Waals surface area contributed by atoms with Crippen LogP contribution >= 0.6 is 11.8 Å². The Morgan fingerprint density at radius 2 is 2.31 bits per heavy atom. The molecule has 16 heavy (non-hydrogen) atoms. The molecule has 1 N–H and O–H groups in total. The first-order valence-corrected chi connectivity index (χ1v) is 8.10. The molecule has 0 saturated carbocycles. The molecule has 6 heteroatoms. The normalized spacial score (nSPS) is 22.9. The van der Waals surface area contributed by atoms with Crippen molar-refractivity contribution >= 4 is 27.5 Å². The molecule has 1 rings (SSSR count). The molecule has 1 saturated heterocycles. The molecule has 0 aliphatic carbocycles. The molecule has 0 radical (unpaired) electrons. The van der Waals surface area contributed by atoms with Crippen LogP contribution in [0.15, 0.2) is 12.7 Å². The molecule has 0 bridgehead atoms. The minimum Gasteiger partial charge on any atom is -0.355 e. The molecule has 0 aromatic heterocycles. The number of rotatable bonds is 6. The van der Waals surface area contributed by atoms with Crippen molar-refractivity contribution in [1.82, 2.24) is 5.32 Å². The van der Waals surface area contributed by atoms with E-state index in [0.29, 0.717) is 18.7 Å². The topological polar surface area (TPSA) is 63.2 Å². The zero-order valence-electron chi connectivity index (χ0n) is 9.15. The van der Waals surface area contributed by atoms with E-state index in [4.69, 9.17) is 0 Å². The highest BCUT2D eigenvalue weighted by atomic mass is 32.2. The van der Waals surface area contributed by atoms with E-state index in [-0.39, 0.29) is 22.7 Å². The lowest BCUT2D eigenvalue weighted by Crippen LogP contribution is -2.26. The summed E-state index contributed by atoms with van der Waals surface area (Å²) >= 11 is 1.44. The van der Waals surface area contributed by atoms with Crippen LogP contribution in [0, 0.1) is 0 Å².